The molecule has 3 rings (SSSR count). The standard InChI is InChI=1S/C22H23NO2/c1-17(23)21-13-12-20(24-15-18-8-4-2-5-9-18)14-22(21)25-16-19-10-6-3-7-11-19/h2-14,17H,15-16,23H2,1H3. The molecule has 0 aliphatic rings. The first kappa shape index (κ1) is 17.1. The van der Waals surface area contributed by atoms with Gasteiger partial charge in [-0.25, -0.2) is 0 Å². The van der Waals surface area contributed by atoms with Crippen LogP contribution in [-0.4, -0.2) is 0 Å². The molecule has 1 atom stereocenters. The summed E-state index contributed by atoms with van der Waals surface area (Å²) in [6.45, 7) is 2.98. The van der Waals surface area contributed by atoms with Crippen LogP contribution in [0, 0.1) is 0 Å². The van der Waals surface area contributed by atoms with Crippen molar-refractivity contribution in [1.29, 1.82) is 0 Å². The van der Waals surface area contributed by atoms with Crippen LogP contribution in [0.2, 0.25) is 0 Å². The van der Waals surface area contributed by atoms with E-state index in [1.54, 1.807) is 0 Å². The minimum atomic E-state index is -0.103. The zero-order chi connectivity index (χ0) is 17.5. The SMILES string of the molecule is CC(N)c1ccc(OCc2ccccc2)cc1OCc1ccccc1. The minimum Gasteiger partial charge on any atom is -0.489 e. The van der Waals surface area contributed by atoms with Gasteiger partial charge in [0.2, 0.25) is 0 Å². The molecule has 1 unspecified atom stereocenters. The van der Waals surface area contributed by atoms with Gasteiger partial charge in [0.1, 0.15) is 24.7 Å². The van der Waals surface area contributed by atoms with E-state index in [1.807, 2.05) is 85.8 Å². The third kappa shape index (κ3) is 4.85. The average Bonchev–Trinajstić information content (AvgIpc) is 2.66. The molecule has 0 saturated carbocycles. The fourth-order valence-corrected chi connectivity index (χ4v) is 2.58. The first-order valence-electron chi connectivity index (χ1n) is 8.45. The Hall–Kier alpha value is -2.78. The van der Waals surface area contributed by atoms with Crippen LogP contribution in [0.1, 0.15) is 29.7 Å². The molecule has 25 heavy (non-hydrogen) atoms. The summed E-state index contributed by atoms with van der Waals surface area (Å²) < 4.78 is 11.9. The van der Waals surface area contributed by atoms with Gasteiger partial charge in [-0.05, 0) is 24.1 Å². The zero-order valence-corrected chi connectivity index (χ0v) is 14.4. The van der Waals surface area contributed by atoms with Crippen molar-refractivity contribution in [3.63, 3.8) is 0 Å². The van der Waals surface area contributed by atoms with Crippen molar-refractivity contribution in [3.05, 3.63) is 95.6 Å². The Bertz CT molecular complexity index is 786. The van der Waals surface area contributed by atoms with Crippen molar-refractivity contribution in [2.45, 2.75) is 26.2 Å². The Balaban J connectivity index is 1.72. The molecule has 0 spiro atoms. The maximum atomic E-state index is 6.08. The van der Waals surface area contributed by atoms with Crippen molar-refractivity contribution >= 4 is 0 Å². The van der Waals surface area contributed by atoms with Gasteiger partial charge in [0.15, 0.2) is 0 Å². The normalized spacial score (nSPS) is 11.8. The molecule has 0 aromatic heterocycles. The van der Waals surface area contributed by atoms with Crippen LogP contribution >= 0.6 is 0 Å². The van der Waals surface area contributed by atoms with Gasteiger partial charge in [0, 0.05) is 17.7 Å². The van der Waals surface area contributed by atoms with E-state index in [1.165, 1.54) is 0 Å². The molecule has 3 heteroatoms. The van der Waals surface area contributed by atoms with Gasteiger partial charge in [0.25, 0.3) is 0 Å². The lowest BCUT2D eigenvalue weighted by Gasteiger charge is -2.16. The van der Waals surface area contributed by atoms with Gasteiger partial charge in [-0.15, -0.1) is 0 Å². The summed E-state index contributed by atoms with van der Waals surface area (Å²) in [5, 5.41) is 0. The minimum absolute atomic E-state index is 0.103. The lowest BCUT2D eigenvalue weighted by Crippen LogP contribution is -2.08. The lowest BCUT2D eigenvalue weighted by atomic mass is 10.1. The van der Waals surface area contributed by atoms with Crippen LogP contribution in [0.5, 0.6) is 11.5 Å². The van der Waals surface area contributed by atoms with Gasteiger partial charge in [0.05, 0.1) is 0 Å². The highest BCUT2D eigenvalue weighted by molar-refractivity contribution is 5.42. The molecule has 0 aliphatic heterocycles. The molecule has 0 saturated heterocycles. The van der Waals surface area contributed by atoms with Crippen LogP contribution < -0.4 is 15.2 Å². The van der Waals surface area contributed by atoms with Crippen LogP contribution in [0.4, 0.5) is 0 Å². The highest BCUT2D eigenvalue weighted by Gasteiger charge is 2.10. The second kappa shape index (κ2) is 8.36. The lowest BCUT2D eigenvalue weighted by molar-refractivity contribution is 0.287. The van der Waals surface area contributed by atoms with E-state index in [0.29, 0.717) is 13.2 Å². The van der Waals surface area contributed by atoms with Gasteiger partial charge < -0.3 is 15.2 Å². The van der Waals surface area contributed by atoms with Gasteiger partial charge >= 0.3 is 0 Å². The number of benzene rings is 3. The quantitative estimate of drug-likeness (QED) is 0.671. The molecule has 0 fully saturated rings. The van der Waals surface area contributed by atoms with E-state index in [2.05, 4.69) is 0 Å². The topological polar surface area (TPSA) is 44.5 Å². The number of hydrogen-bond donors (Lipinski definition) is 1. The van der Waals surface area contributed by atoms with E-state index < -0.39 is 0 Å². The van der Waals surface area contributed by atoms with E-state index in [0.717, 1.165) is 28.2 Å². The summed E-state index contributed by atoms with van der Waals surface area (Å²) in [5.41, 5.74) is 9.30. The number of rotatable bonds is 7. The molecule has 0 radical (unpaired) electrons. The average molecular weight is 333 g/mol. The molecule has 2 N–H and O–H groups in total. The zero-order valence-electron chi connectivity index (χ0n) is 14.4. The Morgan fingerprint density at radius 3 is 1.88 bits per heavy atom. The van der Waals surface area contributed by atoms with Crippen molar-refractivity contribution in [2.75, 3.05) is 0 Å². The molecule has 3 aromatic carbocycles. The first-order chi connectivity index (χ1) is 12.2. The summed E-state index contributed by atoms with van der Waals surface area (Å²) in [7, 11) is 0. The second-order valence-electron chi connectivity index (χ2n) is 6.04. The maximum Gasteiger partial charge on any atom is 0.128 e. The summed E-state index contributed by atoms with van der Waals surface area (Å²) in [6, 6.07) is 25.9. The van der Waals surface area contributed by atoms with E-state index in [4.69, 9.17) is 15.2 Å². The van der Waals surface area contributed by atoms with Crippen molar-refractivity contribution in [2.24, 2.45) is 5.73 Å². The molecule has 3 nitrogen and oxygen atoms in total. The fourth-order valence-electron chi connectivity index (χ4n) is 2.58. The Morgan fingerprint density at radius 1 is 0.760 bits per heavy atom. The first-order valence-corrected chi connectivity index (χ1v) is 8.45. The van der Waals surface area contributed by atoms with Crippen molar-refractivity contribution < 1.29 is 9.47 Å². The summed E-state index contributed by atoms with van der Waals surface area (Å²) in [5.74, 6) is 1.54. The summed E-state index contributed by atoms with van der Waals surface area (Å²) in [6.07, 6.45) is 0. The van der Waals surface area contributed by atoms with E-state index in [9.17, 15) is 0 Å². The molecule has 128 valence electrons. The Kier molecular flexibility index (Phi) is 5.70. The van der Waals surface area contributed by atoms with Gasteiger partial charge in [-0.2, -0.15) is 0 Å². The van der Waals surface area contributed by atoms with E-state index in [-0.39, 0.29) is 6.04 Å². The largest absolute Gasteiger partial charge is 0.489 e. The predicted molar refractivity (Wildman–Crippen MR) is 101 cm³/mol. The van der Waals surface area contributed by atoms with Crippen LogP contribution in [0.3, 0.4) is 0 Å². The molecular weight excluding hydrogens is 310 g/mol. The third-order valence-electron chi connectivity index (χ3n) is 3.96. The smallest absolute Gasteiger partial charge is 0.128 e. The van der Waals surface area contributed by atoms with Crippen molar-refractivity contribution in [3.8, 4) is 11.5 Å². The molecule has 0 bridgehead atoms. The Morgan fingerprint density at radius 2 is 1.32 bits per heavy atom. The Labute approximate surface area is 149 Å². The molecule has 0 aliphatic carbocycles. The summed E-state index contributed by atoms with van der Waals surface area (Å²) >= 11 is 0. The second-order valence-corrected chi connectivity index (χ2v) is 6.04. The molecular formula is C22H23NO2. The van der Waals surface area contributed by atoms with Crippen molar-refractivity contribution in [1.82, 2.24) is 0 Å². The molecule has 0 amide bonds. The highest BCUT2D eigenvalue weighted by atomic mass is 16.5. The van der Waals surface area contributed by atoms with E-state index >= 15 is 0 Å². The molecule has 0 heterocycles. The molecule has 3 aromatic rings. The highest BCUT2D eigenvalue weighted by Crippen LogP contribution is 2.30. The summed E-state index contributed by atoms with van der Waals surface area (Å²) in [4.78, 5) is 0. The monoisotopic (exact) mass is 333 g/mol. The van der Waals surface area contributed by atoms with Crippen LogP contribution in [0.15, 0.2) is 78.9 Å². The van der Waals surface area contributed by atoms with Gasteiger partial charge in [-0.3, -0.25) is 0 Å². The van der Waals surface area contributed by atoms with Crippen LogP contribution in [0.25, 0.3) is 0 Å². The number of nitrogens with two attached hydrogens (primary N) is 1. The maximum absolute atomic E-state index is 6.08. The number of ether oxygens (including phenoxy) is 2. The van der Waals surface area contributed by atoms with Gasteiger partial charge in [-0.1, -0.05) is 66.7 Å². The van der Waals surface area contributed by atoms with Crippen LogP contribution in [-0.2, 0) is 13.2 Å². The third-order valence-corrected chi connectivity index (χ3v) is 3.96. The fraction of sp³-hybridized carbons (Fsp3) is 0.182. The predicted octanol–water partition coefficient (Wildman–Crippen LogP) is 4.86. The number of hydrogen-bond acceptors (Lipinski definition) is 3.